The van der Waals surface area contributed by atoms with Crippen molar-refractivity contribution in [2.75, 3.05) is 0 Å². The maximum absolute atomic E-state index is 13.9. The van der Waals surface area contributed by atoms with Crippen LogP contribution in [0, 0.1) is 11.6 Å². The Balaban J connectivity index is 1.76. The van der Waals surface area contributed by atoms with E-state index in [0.29, 0.717) is 10.6 Å². The van der Waals surface area contributed by atoms with E-state index in [1.165, 1.54) is 30.5 Å². The molecule has 3 rings (SSSR count). The monoisotopic (exact) mass is 387 g/mol. The first kappa shape index (κ1) is 18.7. The number of nitrogens with two attached hydrogens (primary N) is 1. The molecule has 2 aromatic carbocycles. The molecule has 0 aliphatic heterocycles. The largest absolute Gasteiger partial charge is 0.368 e. The van der Waals surface area contributed by atoms with E-state index in [9.17, 15) is 18.4 Å². The summed E-state index contributed by atoms with van der Waals surface area (Å²) in [7, 11) is 0. The third-order valence-electron chi connectivity index (χ3n) is 3.85. The molecule has 1 aromatic heterocycles. The molecule has 1 heterocycles. The Morgan fingerprint density at radius 1 is 1.07 bits per heavy atom. The number of halogens is 2. The minimum atomic E-state index is -1.31. The van der Waals surface area contributed by atoms with Crippen LogP contribution in [-0.2, 0) is 11.2 Å². The average Bonchev–Trinajstić information content (AvgIpc) is 3.11. The molecule has 3 aromatic rings. The molecule has 0 aliphatic carbocycles. The summed E-state index contributed by atoms with van der Waals surface area (Å²) in [5, 5.41) is 2.96. The highest BCUT2D eigenvalue weighted by molar-refractivity contribution is 7.13. The first-order valence-electron chi connectivity index (χ1n) is 7.98. The molecular weight excluding hydrogens is 372 g/mol. The van der Waals surface area contributed by atoms with Crippen LogP contribution in [0.15, 0.2) is 54.7 Å². The Morgan fingerprint density at radius 3 is 2.41 bits per heavy atom. The molecule has 1 unspecified atom stereocenters. The number of nitrogens with one attached hydrogen (secondary N) is 1. The minimum absolute atomic E-state index is 0.0190. The third kappa shape index (κ3) is 4.35. The van der Waals surface area contributed by atoms with Crippen LogP contribution >= 0.6 is 11.3 Å². The zero-order valence-corrected chi connectivity index (χ0v) is 14.8. The standard InChI is InChI=1S/C19H15F2N3O2S/c20-13-7-3-1-5-11(13)9-16-23-10-15(27-16)19(26)24-17(18(22)25)12-6-2-4-8-14(12)21/h1-8,10,17H,9H2,(H2,22,25)(H,24,26). The van der Waals surface area contributed by atoms with Crippen molar-refractivity contribution in [3.05, 3.63) is 87.4 Å². The molecule has 0 fully saturated rings. The van der Waals surface area contributed by atoms with Gasteiger partial charge >= 0.3 is 0 Å². The van der Waals surface area contributed by atoms with Crippen molar-refractivity contribution in [1.82, 2.24) is 10.3 Å². The number of primary amides is 1. The zero-order chi connectivity index (χ0) is 19.4. The topological polar surface area (TPSA) is 85.1 Å². The van der Waals surface area contributed by atoms with Gasteiger partial charge in [0.25, 0.3) is 5.91 Å². The van der Waals surface area contributed by atoms with E-state index in [1.807, 2.05) is 0 Å². The van der Waals surface area contributed by atoms with Gasteiger partial charge in [0.15, 0.2) is 0 Å². The average molecular weight is 387 g/mol. The third-order valence-corrected chi connectivity index (χ3v) is 4.85. The Hall–Kier alpha value is -3.13. The highest BCUT2D eigenvalue weighted by Gasteiger charge is 2.24. The van der Waals surface area contributed by atoms with Crippen molar-refractivity contribution in [2.45, 2.75) is 12.5 Å². The second-order valence-corrected chi connectivity index (χ2v) is 6.83. The van der Waals surface area contributed by atoms with Crippen LogP contribution in [0.2, 0.25) is 0 Å². The lowest BCUT2D eigenvalue weighted by Gasteiger charge is -2.15. The number of carbonyl (C=O) groups is 2. The molecule has 2 amide bonds. The molecule has 0 radical (unpaired) electrons. The van der Waals surface area contributed by atoms with Crippen LogP contribution in [-0.4, -0.2) is 16.8 Å². The van der Waals surface area contributed by atoms with Crippen molar-refractivity contribution < 1.29 is 18.4 Å². The number of hydrogen-bond acceptors (Lipinski definition) is 4. The van der Waals surface area contributed by atoms with Gasteiger partial charge in [-0.15, -0.1) is 11.3 Å². The summed E-state index contributed by atoms with van der Waals surface area (Å²) in [6.07, 6.45) is 1.56. The quantitative estimate of drug-likeness (QED) is 0.682. The van der Waals surface area contributed by atoms with Crippen molar-refractivity contribution in [3.8, 4) is 0 Å². The summed E-state index contributed by atoms with van der Waals surface area (Å²) in [6, 6.07) is 10.5. The fourth-order valence-electron chi connectivity index (χ4n) is 2.52. The molecule has 3 N–H and O–H groups in total. The normalized spacial score (nSPS) is 11.8. The second-order valence-electron chi connectivity index (χ2n) is 5.72. The fourth-order valence-corrected chi connectivity index (χ4v) is 3.36. The van der Waals surface area contributed by atoms with Crippen molar-refractivity contribution in [3.63, 3.8) is 0 Å². The molecule has 0 saturated heterocycles. The van der Waals surface area contributed by atoms with E-state index < -0.39 is 23.7 Å². The number of thiazole rings is 1. The number of benzene rings is 2. The Kier molecular flexibility index (Phi) is 5.56. The Labute approximate surface area is 157 Å². The van der Waals surface area contributed by atoms with Gasteiger partial charge in [0, 0.05) is 12.0 Å². The van der Waals surface area contributed by atoms with E-state index in [-0.39, 0.29) is 22.7 Å². The molecule has 0 aliphatic rings. The number of aromatic nitrogens is 1. The summed E-state index contributed by atoms with van der Waals surface area (Å²) in [5.41, 5.74) is 5.75. The summed E-state index contributed by atoms with van der Waals surface area (Å²) in [6.45, 7) is 0. The Bertz CT molecular complexity index is 990. The summed E-state index contributed by atoms with van der Waals surface area (Å²) in [5.74, 6) is -2.50. The fraction of sp³-hybridized carbons (Fsp3) is 0.105. The van der Waals surface area contributed by atoms with Crippen LogP contribution in [0.4, 0.5) is 8.78 Å². The van der Waals surface area contributed by atoms with Crippen LogP contribution < -0.4 is 11.1 Å². The SMILES string of the molecule is NC(=O)C(NC(=O)c1cnc(Cc2ccccc2F)s1)c1ccccc1F. The van der Waals surface area contributed by atoms with E-state index in [4.69, 9.17) is 5.73 Å². The van der Waals surface area contributed by atoms with Gasteiger partial charge in [0.1, 0.15) is 22.6 Å². The first-order chi connectivity index (χ1) is 13.0. The van der Waals surface area contributed by atoms with E-state index >= 15 is 0 Å². The van der Waals surface area contributed by atoms with E-state index in [1.54, 1.807) is 24.3 Å². The van der Waals surface area contributed by atoms with Gasteiger partial charge in [-0.25, -0.2) is 13.8 Å². The van der Waals surface area contributed by atoms with Gasteiger partial charge in [-0.3, -0.25) is 9.59 Å². The zero-order valence-electron chi connectivity index (χ0n) is 14.0. The van der Waals surface area contributed by atoms with Gasteiger partial charge in [0.05, 0.1) is 11.2 Å². The number of rotatable bonds is 6. The highest BCUT2D eigenvalue weighted by atomic mass is 32.1. The lowest BCUT2D eigenvalue weighted by atomic mass is 10.1. The van der Waals surface area contributed by atoms with Crippen LogP contribution in [0.3, 0.4) is 0 Å². The molecule has 8 heteroatoms. The van der Waals surface area contributed by atoms with Gasteiger partial charge < -0.3 is 11.1 Å². The van der Waals surface area contributed by atoms with Crippen LogP contribution in [0.25, 0.3) is 0 Å². The number of amides is 2. The smallest absolute Gasteiger partial charge is 0.263 e. The number of hydrogen-bond donors (Lipinski definition) is 2. The molecule has 0 spiro atoms. The number of nitrogens with zero attached hydrogens (tertiary/aromatic N) is 1. The van der Waals surface area contributed by atoms with Gasteiger partial charge in [-0.1, -0.05) is 36.4 Å². The summed E-state index contributed by atoms with van der Waals surface area (Å²) in [4.78, 5) is 28.5. The molecular formula is C19H15F2N3O2S. The van der Waals surface area contributed by atoms with E-state index in [2.05, 4.69) is 10.3 Å². The summed E-state index contributed by atoms with van der Waals surface area (Å²) < 4.78 is 27.7. The highest BCUT2D eigenvalue weighted by Crippen LogP contribution is 2.21. The second kappa shape index (κ2) is 8.05. The molecule has 5 nitrogen and oxygen atoms in total. The molecule has 138 valence electrons. The lowest BCUT2D eigenvalue weighted by molar-refractivity contribution is -0.120. The van der Waals surface area contributed by atoms with Gasteiger partial charge in [-0.2, -0.15) is 0 Å². The molecule has 0 bridgehead atoms. The predicted molar refractivity (Wildman–Crippen MR) is 97.1 cm³/mol. The van der Waals surface area contributed by atoms with Gasteiger partial charge in [0.2, 0.25) is 5.91 Å². The first-order valence-corrected chi connectivity index (χ1v) is 8.80. The van der Waals surface area contributed by atoms with Crippen molar-refractivity contribution >= 4 is 23.2 Å². The minimum Gasteiger partial charge on any atom is -0.368 e. The van der Waals surface area contributed by atoms with Crippen molar-refractivity contribution in [2.24, 2.45) is 5.73 Å². The molecule has 27 heavy (non-hydrogen) atoms. The lowest BCUT2D eigenvalue weighted by Crippen LogP contribution is -2.37. The number of carbonyl (C=O) groups excluding carboxylic acids is 2. The Morgan fingerprint density at radius 2 is 1.74 bits per heavy atom. The van der Waals surface area contributed by atoms with Gasteiger partial charge in [-0.05, 0) is 17.7 Å². The molecule has 0 saturated carbocycles. The maximum Gasteiger partial charge on any atom is 0.263 e. The van der Waals surface area contributed by atoms with Crippen molar-refractivity contribution in [1.29, 1.82) is 0 Å². The molecule has 1 atom stereocenters. The predicted octanol–water partition coefficient (Wildman–Crippen LogP) is 2.97. The summed E-state index contributed by atoms with van der Waals surface area (Å²) >= 11 is 1.06. The van der Waals surface area contributed by atoms with Crippen LogP contribution in [0.5, 0.6) is 0 Å². The van der Waals surface area contributed by atoms with E-state index in [0.717, 1.165) is 11.3 Å². The van der Waals surface area contributed by atoms with Crippen LogP contribution in [0.1, 0.15) is 31.8 Å². The maximum atomic E-state index is 13.9.